The highest BCUT2D eigenvalue weighted by atomic mass is 32.2. The predicted octanol–water partition coefficient (Wildman–Crippen LogP) is 5.76. The Balaban J connectivity index is 1.85. The van der Waals surface area contributed by atoms with E-state index in [2.05, 4.69) is 5.32 Å². The molecule has 2 atom stereocenters. The summed E-state index contributed by atoms with van der Waals surface area (Å²) in [5.74, 6) is -0.140. The van der Waals surface area contributed by atoms with E-state index >= 15 is 0 Å². The fourth-order valence-corrected chi connectivity index (χ4v) is 6.62. The van der Waals surface area contributed by atoms with Gasteiger partial charge in [-0.1, -0.05) is 79.7 Å². The lowest BCUT2D eigenvalue weighted by Crippen LogP contribution is -2.54. The Bertz CT molecular complexity index is 1750. The number of hydrogen-bond donors (Lipinski definition) is 1. The van der Waals surface area contributed by atoms with Gasteiger partial charge in [0.2, 0.25) is 11.8 Å². The van der Waals surface area contributed by atoms with E-state index in [1.54, 1.807) is 30.3 Å². The van der Waals surface area contributed by atoms with Gasteiger partial charge in [0.15, 0.2) is 11.5 Å². The second kappa shape index (κ2) is 16.1. The first kappa shape index (κ1) is 35.0. The molecule has 4 rings (SSSR count). The summed E-state index contributed by atoms with van der Waals surface area (Å²) in [5.41, 5.74) is 2.87. The number of anilines is 1. The number of hydrogen-bond acceptors (Lipinski definition) is 6. The smallest absolute Gasteiger partial charge is 0.264 e. The largest absolute Gasteiger partial charge is 0.493 e. The number of aryl methyl sites for hydroxylation is 1. The van der Waals surface area contributed by atoms with Crippen LogP contribution in [0.25, 0.3) is 0 Å². The molecule has 0 spiro atoms. The van der Waals surface area contributed by atoms with Gasteiger partial charge in [-0.05, 0) is 61.2 Å². The summed E-state index contributed by atoms with van der Waals surface area (Å²) in [6.45, 7) is 5.36. The number of carbonyl (C=O) groups is 2. The Hall–Kier alpha value is -4.83. The molecule has 0 saturated heterocycles. The van der Waals surface area contributed by atoms with Gasteiger partial charge in [-0.2, -0.15) is 0 Å². The number of carbonyl (C=O) groups excluding carboxylic acids is 2. The summed E-state index contributed by atoms with van der Waals surface area (Å²) in [6, 6.07) is 28.7. The van der Waals surface area contributed by atoms with Crippen molar-refractivity contribution in [1.29, 1.82) is 0 Å². The van der Waals surface area contributed by atoms with Crippen LogP contribution < -0.4 is 19.1 Å². The molecule has 10 heteroatoms. The van der Waals surface area contributed by atoms with E-state index < -0.39 is 28.5 Å². The van der Waals surface area contributed by atoms with Gasteiger partial charge in [0.25, 0.3) is 10.0 Å². The van der Waals surface area contributed by atoms with E-state index in [4.69, 9.17) is 9.47 Å². The summed E-state index contributed by atoms with van der Waals surface area (Å²) in [7, 11) is -1.31. The minimum absolute atomic E-state index is 0.0170. The van der Waals surface area contributed by atoms with Crippen molar-refractivity contribution in [2.45, 2.75) is 57.1 Å². The first-order valence-corrected chi connectivity index (χ1v) is 17.0. The molecule has 47 heavy (non-hydrogen) atoms. The molecule has 0 heterocycles. The van der Waals surface area contributed by atoms with Crippen LogP contribution in [0.2, 0.25) is 0 Å². The third kappa shape index (κ3) is 8.71. The zero-order valence-electron chi connectivity index (χ0n) is 27.6. The van der Waals surface area contributed by atoms with Crippen molar-refractivity contribution in [1.82, 2.24) is 10.2 Å². The zero-order chi connectivity index (χ0) is 34.0. The Morgan fingerprint density at radius 1 is 0.830 bits per heavy atom. The van der Waals surface area contributed by atoms with E-state index in [-0.39, 0.29) is 35.5 Å². The van der Waals surface area contributed by atoms with Crippen LogP contribution in [0, 0.1) is 6.92 Å². The van der Waals surface area contributed by atoms with Crippen LogP contribution in [-0.2, 0) is 32.6 Å². The second-order valence-electron chi connectivity index (χ2n) is 11.3. The standard InChI is InChI=1S/C37H43N3O6S/c1-6-28(3)38-37(42)33(23-29-16-9-7-10-17-29)39(25-30-18-14-13-15-27(30)2)36(41)26-40(47(43,44)32-19-11-8-12-20-32)31-21-22-34(45-4)35(24-31)46-5/h7-22,24,28,33H,6,23,25-26H2,1-5H3,(H,38,42)/t28-,33-/m1/s1. The Morgan fingerprint density at radius 3 is 2.06 bits per heavy atom. The molecule has 0 aromatic heterocycles. The van der Waals surface area contributed by atoms with E-state index in [9.17, 15) is 18.0 Å². The van der Waals surface area contributed by atoms with Crippen LogP contribution in [0.4, 0.5) is 5.69 Å². The minimum Gasteiger partial charge on any atom is -0.493 e. The van der Waals surface area contributed by atoms with Crippen molar-refractivity contribution in [3.05, 3.63) is 120 Å². The number of rotatable bonds is 15. The Kier molecular flexibility index (Phi) is 12.0. The van der Waals surface area contributed by atoms with E-state index in [0.29, 0.717) is 17.9 Å². The quantitative estimate of drug-likeness (QED) is 0.174. The summed E-state index contributed by atoms with van der Waals surface area (Å²) < 4.78 is 40.4. The van der Waals surface area contributed by atoms with E-state index in [0.717, 1.165) is 21.0 Å². The SMILES string of the molecule is CC[C@@H](C)NC(=O)[C@@H](Cc1ccccc1)N(Cc1ccccc1C)C(=O)CN(c1ccc(OC)c(OC)c1)S(=O)(=O)c1ccccc1. The number of nitrogens with one attached hydrogen (secondary N) is 1. The number of sulfonamides is 1. The normalized spacial score (nSPS) is 12.4. The van der Waals surface area contributed by atoms with Gasteiger partial charge in [0, 0.05) is 25.1 Å². The van der Waals surface area contributed by atoms with E-state index in [1.165, 1.54) is 37.3 Å². The van der Waals surface area contributed by atoms with Crippen LogP contribution in [0.1, 0.15) is 37.0 Å². The highest BCUT2D eigenvalue weighted by Gasteiger charge is 2.35. The molecule has 0 fully saturated rings. The molecule has 2 amide bonds. The van der Waals surface area contributed by atoms with Crippen molar-refractivity contribution in [2.24, 2.45) is 0 Å². The van der Waals surface area contributed by atoms with Gasteiger partial charge in [-0.25, -0.2) is 8.42 Å². The summed E-state index contributed by atoms with van der Waals surface area (Å²) in [4.78, 5) is 30.2. The average molecular weight is 658 g/mol. The topological polar surface area (TPSA) is 105 Å². The van der Waals surface area contributed by atoms with Gasteiger partial charge in [-0.3, -0.25) is 13.9 Å². The van der Waals surface area contributed by atoms with Crippen LogP contribution >= 0.6 is 0 Å². The molecule has 0 aliphatic rings. The summed E-state index contributed by atoms with van der Waals surface area (Å²) in [6.07, 6.45) is 0.945. The first-order chi connectivity index (χ1) is 22.6. The molecule has 0 unspecified atom stereocenters. The van der Waals surface area contributed by atoms with Crippen LogP contribution in [0.3, 0.4) is 0 Å². The fraction of sp³-hybridized carbons (Fsp3) is 0.297. The first-order valence-electron chi connectivity index (χ1n) is 15.6. The fourth-order valence-electron chi connectivity index (χ4n) is 5.19. The molecule has 1 N–H and O–H groups in total. The van der Waals surface area contributed by atoms with Crippen LogP contribution in [0.5, 0.6) is 11.5 Å². The molecule has 9 nitrogen and oxygen atoms in total. The number of amides is 2. The molecule has 4 aromatic carbocycles. The van der Waals surface area contributed by atoms with Gasteiger partial charge in [-0.15, -0.1) is 0 Å². The van der Waals surface area contributed by atoms with Crippen LogP contribution in [0.15, 0.2) is 108 Å². The van der Waals surface area contributed by atoms with Crippen molar-refractivity contribution in [3.63, 3.8) is 0 Å². The highest BCUT2D eigenvalue weighted by molar-refractivity contribution is 7.92. The molecule has 0 aliphatic carbocycles. The molecule has 0 aliphatic heterocycles. The molecule has 248 valence electrons. The van der Waals surface area contributed by atoms with Gasteiger partial charge < -0.3 is 19.7 Å². The minimum atomic E-state index is -4.25. The molecule has 4 aromatic rings. The number of nitrogens with zero attached hydrogens (tertiary/aromatic N) is 2. The maximum absolute atomic E-state index is 14.7. The monoisotopic (exact) mass is 657 g/mol. The molecular formula is C37H43N3O6S. The van der Waals surface area contributed by atoms with Crippen LogP contribution in [-0.4, -0.2) is 58.0 Å². The summed E-state index contributed by atoms with van der Waals surface area (Å²) >= 11 is 0. The number of ether oxygens (including phenoxy) is 2. The van der Waals surface area contributed by atoms with Crippen molar-refractivity contribution >= 4 is 27.5 Å². The number of benzene rings is 4. The lowest BCUT2D eigenvalue weighted by molar-refractivity contribution is -0.140. The van der Waals surface area contributed by atoms with Crippen molar-refractivity contribution in [2.75, 3.05) is 25.1 Å². The third-order valence-corrected chi connectivity index (χ3v) is 9.93. The molecule has 0 saturated carbocycles. The lowest BCUT2D eigenvalue weighted by Gasteiger charge is -2.34. The highest BCUT2D eigenvalue weighted by Crippen LogP contribution is 2.34. The van der Waals surface area contributed by atoms with Gasteiger partial charge in [0.05, 0.1) is 24.8 Å². The molecular weight excluding hydrogens is 614 g/mol. The maximum atomic E-state index is 14.7. The van der Waals surface area contributed by atoms with E-state index in [1.807, 2.05) is 75.4 Å². The maximum Gasteiger partial charge on any atom is 0.264 e. The third-order valence-electron chi connectivity index (χ3n) is 8.14. The second-order valence-corrected chi connectivity index (χ2v) is 13.2. The zero-order valence-corrected chi connectivity index (χ0v) is 28.4. The average Bonchev–Trinajstić information content (AvgIpc) is 3.09. The lowest BCUT2D eigenvalue weighted by atomic mass is 10.0. The summed E-state index contributed by atoms with van der Waals surface area (Å²) in [5, 5.41) is 3.06. The van der Waals surface area contributed by atoms with Crippen molar-refractivity contribution < 1.29 is 27.5 Å². The van der Waals surface area contributed by atoms with Gasteiger partial charge >= 0.3 is 0 Å². The molecule has 0 bridgehead atoms. The van der Waals surface area contributed by atoms with Gasteiger partial charge in [0.1, 0.15) is 12.6 Å². The predicted molar refractivity (Wildman–Crippen MR) is 184 cm³/mol. The Morgan fingerprint density at radius 2 is 1.45 bits per heavy atom. The van der Waals surface area contributed by atoms with Crippen molar-refractivity contribution in [3.8, 4) is 11.5 Å². The number of methoxy groups -OCH3 is 2. The molecule has 0 radical (unpaired) electrons. The Labute approximate surface area is 278 Å².